The van der Waals surface area contributed by atoms with Crippen LogP contribution in [0, 0.1) is 11.8 Å². The zero-order chi connectivity index (χ0) is 14.1. The van der Waals surface area contributed by atoms with Crippen molar-refractivity contribution >= 4 is 0 Å². The summed E-state index contributed by atoms with van der Waals surface area (Å²) in [5.74, 6) is 1.07. The molecule has 0 aliphatic carbocycles. The summed E-state index contributed by atoms with van der Waals surface area (Å²) in [6.45, 7) is 6.25. The molecule has 2 N–H and O–H groups in total. The van der Waals surface area contributed by atoms with E-state index in [2.05, 4.69) is 28.4 Å². The van der Waals surface area contributed by atoms with Crippen molar-refractivity contribution in [1.82, 2.24) is 14.5 Å². The molecule has 0 saturated carbocycles. The number of nitrogens with two attached hydrogens (primary N) is 1. The van der Waals surface area contributed by atoms with Gasteiger partial charge in [-0.25, -0.2) is 4.98 Å². The second-order valence-corrected chi connectivity index (χ2v) is 6.47. The van der Waals surface area contributed by atoms with Crippen molar-refractivity contribution in [2.45, 2.75) is 31.8 Å². The van der Waals surface area contributed by atoms with E-state index in [1.165, 1.54) is 12.1 Å². The first-order valence-corrected chi connectivity index (χ1v) is 7.70. The third-order valence-electron chi connectivity index (χ3n) is 4.93. The number of ether oxygens (including phenoxy) is 1. The van der Waals surface area contributed by atoms with Crippen molar-refractivity contribution in [3.05, 3.63) is 18.2 Å². The van der Waals surface area contributed by atoms with Crippen molar-refractivity contribution in [3.63, 3.8) is 0 Å². The quantitative estimate of drug-likeness (QED) is 0.909. The van der Waals surface area contributed by atoms with Crippen LogP contribution in [-0.4, -0.2) is 47.8 Å². The van der Waals surface area contributed by atoms with Gasteiger partial charge in [0.1, 0.15) is 0 Å². The van der Waals surface area contributed by atoms with Gasteiger partial charge in [-0.2, -0.15) is 0 Å². The zero-order valence-corrected chi connectivity index (χ0v) is 12.5. The Morgan fingerprint density at radius 3 is 3.00 bits per heavy atom. The first kappa shape index (κ1) is 14.0. The average molecular weight is 278 g/mol. The molecule has 2 aliphatic heterocycles. The Morgan fingerprint density at radius 2 is 2.30 bits per heavy atom. The van der Waals surface area contributed by atoms with Gasteiger partial charge in [-0.05, 0) is 32.4 Å². The maximum Gasteiger partial charge on any atom is 0.0951 e. The first-order valence-electron chi connectivity index (χ1n) is 7.70. The fourth-order valence-electron chi connectivity index (χ4n) is 3.68. The molecule has 0 bridgehead atoms. The van der Waals surface area contributed by atoms with Gasteiger partial charge in [0.25, 0.3) is 0 Å². The summed E-state index contributed by atoms with van der Waals surface area (Å²) in [6.07, 6.45) is 6.16. The number of rotatable bonds is 3. The van der Waals surface area contributed by atoms with Gasteiger partial charge in [0, 0.05) is 31.3 Å². The molecule has 2 aliphatic rings. The largest absolute Gasteiger partial charge is 0.381 e. The van der Waals surface area contributed by atoms with Crippen molar-refractivity contribution in [2.75, 3.05) is 33.4 Å². The molecule has 3 rings (SSSR count). The number of piperidine rings is 1. The Labute approximate surface area is 121 Å². The summed E-state index contributed by atoms with van der Waals surface area (Å²) in [7, 11) is 2.20. The van der Waals surface area contributed by atoms with Gasteiger partial charge < -0.3 is 19.9 Å². The van der Waals surface area contributed by atoms with Crippen LogP contribution < -0.4 is 5.73 Å². The van der Waals surface area contributed by atoms with E-state index < -0.39 is 0 Å². The number of nitrogens with zero attached hydrogens (tertiary/aromatic N) is 3. The molecule has 4 atom stereocenters. The molecular weight excluding hydrogens is 252 g/mol. The van der Waals surface area contributed by atoms with Gasteiger partial charge in [-0.15, -0.1) is 0 Å². The molecule has 5 heteroatoms. The predicted molar refractivity (Wildman–Crippen MR) is 78.4 cm³/mol. The molecule has 4 unspecified atom stereocenters. The van der Waals surface area contributed by atoms with E-state index in [9.17, 15) is 0 Å². The molecule has 0 spiro atoms. The second kappa shape index (κ2) is 5.84. The molecule has 112 valence electrons. The number of hydrogen-bond acceptors (Lipinski definition) is 4. The van der Waals surface area contributed by atoms with Gasteiger partial charge >= 0.3 is 0 Å². The lowest BCUT2D eigenvalue weighted by molar-refractivity contribution is 0.153. The fourth-order valence-corrected chi connectivity index (χ4v) is 3.68. The van der Waals surface area contributed by atoms with E-state index in [-0.39, 0.29) is 6.04 Å². The highest BCUT2D eigenvalue weighted by atomic mass is 16.5. The maximum atomic E-state index is 6.47. The van der Waals surface area contributed by atoms with Crippen LogP contribution in [0.4, 0.5) is 0 Å². The number of likely N-dealkylation sites (tertiary alicyclic amines) is 1. The minimum absolute atomic E-state index is 0.0480. The van der Waals surface area contributed by atoms with E-state index in [0.29, 0.717) is 17.9 Å². The van der Waals surface area contributed by atoms with Crippen molar-refractivity contribution in [3.8, 4) is 0 Å². The lowest BCUT2D eigenvalue weighted by Gasteiger charge is -2.37. The van der Waals surface area contributed by atoms with Crippen LogP contribution in [0.25, 0.3) is 0 Å². The lowest BCUT2D eigenvalue weighted by atomic mass is 9.92. The van der Waals surface area contributed by atoms with Crippen molar-refractivity contribution in [2.24, 2.45) is 17.6 Å². The zero-order valence-electron chi connectivity index (χ0n) is 12.5. The summed E-state index contributed by atoms with van der Waals surface area (Å²) in [4.78, 5) is 6.78. The van der Waals surface area contributed by atoms with Gasteiger partial charge in [0.2, 0.25) is 0 Å². The second-order valence-electron chi connectivity index (χ2n) is 6.47. The molecule has 1 aromatic rings. The highest BCUT2D eigenvalue weighted by Crippen LogP contribution is 2.33. The average Bonchev–Trinajstić information content (AvgIpc) is 3.09. The number of hydrogen-bond donors (Lipinski definition) is 1. The van der Waals surface area contributed by atoms with Crippen LogP contribution in [0.15, 0.2) is 12.5 Å². The Bertz CT molecular complexity index is 441. The minimum atomic E-state index is 0.0480. The van der Waals surface area contributed by atoms with Crippen LogP contribution in [-0.2, 0) is 4.74 Å². The monoisotopic (exact) mass is 278 g/mol. The number of aromatic nitrogens is 2. The van der Waals surface area contributed by atoms with Gasteiger partial charge in [0.05, 0.1) is 24.7 Å². The van der Waals surface area contributed by atoms with Gasteiger partial charge in [-0.1, -0.05) is 6.92 Å². The predicted octanol–water partition coefficient (Wildman–Crippen LogP) is 1.43. The normalized spacial score (nSPS) is 33.5. The van der Waals surface area contributed by atoms with E-state index in [1.807, 2.05) is 12.5 Å². The van der Waals surface area contributed by atoms with E-state index >= 15 is 0 Å². The molecule has 0 radical (unpaired) electrons. The van der Waals surface area contributed by atoms with Crippen LogP contribution >= 0.6 is 0 Å². The minimum Gasteiger partial charge on any atom is -0.381 e. The first-order chi connectivity index (χ1) is 9.66. The molecule has 1 aromatic heterocycles. The molecule has 20 heavy (non-hydrogen) atoms. The topological polar surface area (TPSA) is 56.3 Å². The molecule has 3 heterocycles. The van der Waals surface area contributed by atoms with E-state index in [0.717, 1.165) is 32.7 Å². The SMILES string of the molecule is CC1CN(C)CCC1n1cncc1C(N)C1CCOC1. The van der Waals surface area contributed by atoms with E-state index in [4.69, 9.17) is 10.5 Å². The molecule has 2 fully saturated rings. The maximum absolute atomic E-state index is 6.47. The Hall–Kier alpha value is -0.910. The van der Waals surface area contributed by atoms with Crippen LogP contribution in [0.5, 0.6) is 0 Å². The smallest absolute Gasteiger partial charge is 0.0951 e. The van der Waals surface area contributed by atoms with Crippen molar-refractivity contribution in [1.29, 1.82) is 0 Å². The van der Waals surface area contributed by atoms with Crippen molar-refractivity contribution < 1.29 is 4.74 Å². The highest BCUT2D eigenvalue weighted by molar-refractivity contribution is 5.09. The molecule has 5 nitrogen and oxygen atoms in total. The summed E-state index contributed by atoms with van der Waals surface area (Å²) in [5, 5.41) is 0. The summed E-state index contributed by atoms with van der Waals surface area (Å²) in [5.41, 5.74) is 7.66. The standard InChI is InChI=1S/C15H26N4O/c1-11-8-18(2)5-3-13(11)19-10-17-7-14(19)15(16)12-4-6-20-9-12/h7,10-13,15H,3-6,8-9,16H2,1-2H3. The molecular formula is C15H26N4O. The Balaban J connectivity index is 1.79. The fraction of sp³-hybridized carbons (Fsp3) is 0.800. The third kappa shape index (κ3) is 2.62. The van der Waals surface area contributed by atoms with Crippen LogP contribution in [0.3, 0.4) is 0 Å². The molecule has 0 amide bonds. The van der Waals surface area contributed by atoms with Gasteiger partial charge in [-0.3, -0.25) is 0 Å². The molecule has 2 saturated heterocycles. The van der Waals surface area contributed by atoms with Gasteiger partial charge in [0.15, 0.2) is 0 Å². The highest BCUT2D eigenvalue weighted by Gasteiger charge is 2.31. The van der Waals surface area contributed by atoms with E-state index in [1.54, 1.807) is 0 Å². The Kier molecular flexibility index (Phi) is 4.10. The molecule has 0 aromatic carbocycles. The Morgan fingerprint density at radius 1 is 1.45 bits per heavy atom. The van der Waals surface area contributed by atoms with Crippen LogP contribution in [0.2, 0.25) is 0 Å². The van der Waals surface area contributed by atoms with Crippen LogP contribution in [0.1, 0.15) is 37.5 Å². The summed E-state index contributed by atoms with van der Waals surface area (Å²) < 4.78 is 7.81. The summed E-state index contributed by atoms with van der Waals surface area (Å²) in [6, 6.07) is 0.573. The number of imidazole rings is 1. The third-order valence-corrected chi connectivity index (χ3v) is 4.93. The summed E-state index contributed by atoms with van der Waals surface area (Å²) >= 11 is 0. The lowest BCUT2D eigenvalue weighted by Crippen LogP contribution is -2.38.